The zero-order chi connectivity index (χ0) is 15.0. The predicted molar refractivity (Wildman–Crippen MR) is 79.0 cm³/mol. The van der Waals surface area contributed by atoms with E-state index < -0.39 is 0 Å². The van der Waals surface area contributed by atoms with E-state index in [-0.39, 0.29) is 11.7 Å². The van der Waals surface area contributed by atoms with Gasteiger partial charge in [-0.2, -0.15) is 0 Å². The van der Waals surface area contributed by atoms with Crippen LogP contribution in [0.5, 0.6) is 0 Å². The summed E-state index contributed by atoms with van der Waals surface area (Å²) < 4.78 is 18.2. The van der Waals surface area contributed by atoms with Crippen LogP contribution in [0.3, 0.4) is 0 Å². The van der Waals surface area contributed by atoms with Crippen LogP contribution in [-0.2, 0) is 0 Å². The topological polar surface area (TPSA) is 64.9 Å². The zero-order valence-corrected chi connectivity index (χ0v) is 11.7. The van der Waals surface area contributed by atoms with E-state index in [1.807, 2.05) is 19.9 Å². The molecule has 0 amide bonds. The molecule has 2 aromatic heterocycles. The van der Waals surface area contributed by atoms with Crippen LogP contribution < -0.4 is 5.73 Å². The monoisotopic (exact) mass is 283 g/mol. The van der Waals surface area contributed by atoms with Gasteiger partial charge in [0.25, 0.3) is 0 Å². The van der Waals surface area contributed by atoms with Gasteiger partial charge in [0.1, 0.15) is 11.5 Å². The van der Waals surface area contributed by atoms with Crippen molar-refractivity contribution in [1.82, 2.24) is 10.1 Å². The van der Waals surface area contributed by atoms with E-state index in [2.05, 4.69) is 10.1 Å². The normalized spacial score (nSPS) is 10.8. The van der Waals surface area contributed by atoms with Crippen LogP contribution in [0.1, 0.15) is 11.1 Å². The van der Waals surface area contributed by atoms with Crippen LogP contribution in [-0.4, -0.2) is 10.1 Å². The van der Waals surface area contributed by atoms with E-state index in [9.17, 15) is 4.39 Å². The van der Waals surface area contributed by atoms with Gasteiger partial charge in [0.2, 0.25) is 5.88 Å². The van der Waals surface area contributed by atoms with Crippen LogP contribution in [0.2, 0.25) is 0 Å². The molecule has 0 unspecified atom stereocenters. The third kappa shape index (κ3) is 2.27. The minimum absolute atomic E-state index is 0.204. The fourth-order valence-electron chi connectivity index (χ4n) is 2.22. The molecule has 0 saturated heterocycles. The first-order valence-corrected chi connectivity index (χ1v) is 6.51. The molecule has 0 aliphatic heterocycles. The van der Waals surface area contributed by atoms with Gasteiger partial charge in [0.15, 0.2) is 0 Å². The van der Waals surface area contributed by atoms with E-state index in [4.69, 9.17) is 10.3 Å². The first kappa shape index (κ1) is 13.3. The Morgan fingerprint density at radius 2 is 1.76 bits per heavy atom. The molecule has 21 heavy (non-hydrogen) atoms. The standard InChI is InChI=1S/C16H14FN3O/c1-9-7-8-19-14(10(9)2)13-15(20-21-16(13)18)11-3-5-12(17)6-4-11/h3-8H,18H2,1-2H3. The third-order valence-electron chi connectivity index (χ3n) is 3.55. The summed E-state index contributed by atoms with van der Waals surface area (Å²) in [5.41, 5.74) is 10.7. The molecular weight excluding hydrogens is 269 g/mol. The van der Waals surface area contributed by atoms with E-state index in [0.29, 0.717) is 11.3 Å². The molecule has 0 saturated carbocycles. The molecule has 4 nitrogen and oxygen atoms in total. The average Bonchev–Trinajstić information content (AvgIpc) is 2.85. The van der Waals surface area contributed by atoms with Crippen LogP contribution >= 0.6 is 0 Å². The second-order valence-corrected chi connectivity index (χ2v) is 4.88. The molecule has 106 valence electrons. The van der Waals surface area contributed by atoms with Gasteiger partial charge in [0.05, 0.1) is 11.3 Å². The van der Waals surface area contributed by atoms with Gasteiger partial charge < -0.3 is 10.3 Å². The maximum Gasteiger partial charge on any atom is 0.232 e. The Morgan fingerprint density at radius 1 is 1.05 bits per heavy atom. The molecule has 3 aromatic rings. The summed E-state index contributed by atoms with van der Waals surface area (Å²) in [4.78, 5) is 4.39. The highest BCUT2D eigenvalue weighted by molar-refractivity contribution is 5.86. The second kappa shape index (κ2) is 5.01. The maximum absolute atomic E-state index is 13.1. The summed E-state index contributed by atoms with van der Waals surface area (Å²) in [7, 11) is 0. The van der Waals surface area contributed by atoms with Crippen LogP contribution in [0.25, 0.3) is 22.5 Å². The lowest BCUT2D eigenvalue weighted by atomic mass is 10.00. The summed E-state index contributed by atoms with van der Waals surface area (Å²) in [6.45, 7) is 3.97. The predicted octanol–water partition coefficient (Wildman–Crippen LogP) is 3.74. The molecular formula is C16H14FN3O. The molecule has 0 aliphatic carbocycles. The molecule has 0 aliphatic rings. The lowest BCUT2D eigenvalue weighted by molar-refractivity contribution is 0.439. The Labute approximate surface area is 121 Å². The van der Waals surface area contributed by atoms with Gasteiger partial charge in [-0.15, -0.1) is 0 Å². The number of aryl methyl sites for hydroxylation is 1. The van der Waals surface area contributed by atoms with E-state index >= 15 is 0 Å². The lowest BCUT2D eigenvalue weighted by Crippen LogP contribution is -1.95. The van der Waals surface area contributed by atoms with Gasteiger partial charge >= 0.3 is 0 Å². The van der Waals surface area contributed by atoms with Gasteiger partial charge in [-0.25, -0.2) is 4.39 Å². The first-order valence-electron chi connectivity index (χ1n) is 6.51. The maximum atomic E-state index is 13.1. The molecule has 3 rings (SSSR count). The number of aromatic nitrogens is 2. The van der Waals surface area contributed by atoms with Crippen LogP contribution in [0.4, 0.5) is 10.3 Å². The number of nitrogens with two attached hydrogens (primary N) is 1. The molecule has 1 aromatic carbocycles. The average molecular weight is 283 g/mol. The highest BCUT2D eigenvalue weighted by atomic mass is 19.1. The van der Waals surface area contributed by atoms with E-state index in [0.717, 1.165) is 22.4 Å². The number of halogens is 1. The third-order valence-corrected chi connectivity index (χ3v) is 3.55. The number of pyridine rings is 1. The van der Waals surface area contributed by atoms with Gasteiger partial charge in [-0.05, 0) is 55.3 Å². The van der Waals surface area contributed by atoms with Crippen molar-refractivity contribution in [3.8, 4) is 22.5 Å². The minimum atomic E-state index is -0.304. The van der Waals surface area contributed by atoms with Crippen LogP contribution in [0, 0.1) is 19.7 Å². The van der Waals surface area contributed by atoms with Crippen molar-refractivity contribution in [3.63, 3.8) is 0 Å². The van der Waals surface area contributed by atoms with Gasteiger partial charge in [-0.1, -0.05) is 5.16 Å². The first-order chi connectivity index (χ1) is 10.1. The van der Waals surface area contributed by atoms with E-state index in [1.54, 1.807) is 18.3 Å². The summed E-state index contributed by atoms with van der Waals surface area (Å²) in [5, 5.41) is 4.00. The van der Waals surface area contributed by atoms with Crippen molar-refractivity contribution in [2.75, 3.05) is 5.73 Å². The van der Waals surface area contributed by atoms with Gasteiger partial charge in [0, 0.05) is 11.8 Å². The molecule has 0 spiro atoms. The summed E-state index contributed by atoms with van der Waals surface area (Å²) in [6.07, 6.45) is 1.72. The summed E-state index contributed by atoms with van der Waals surface area (Å²) in [5.74, 6) is -0.0999. The van der Waals surface area contributed by atoms with E-state index in [1.165, 1.54) is 12.1 Å². The van der Waals surface area contributed by atoms with Crippen molar-refractivity contribution in [1.29, 1.82) is 0 Å². The molecule has 2 heterocycles. The molecule has 0 atom stereocenters. The lowest BCUT2D eigenvalue weighted by Gasteiger charge is -2.07. The SMILES string of the molecule is Cc1ccnc(-c2c(-c3ccc(F)cc3)noc2N)c1C. The molecule has 5 heteroatoms. The van der Waals surface area contributed by atoms with Crippen molar-refractivity contribution in [3.05, 3.63) is 53.5 Å². The molecule has 0 fully saturated rings. The Morgan fingerprint density at radius 3 is 2.48 bits per heavy atom. The number of hydrogen-bond acceptors (Lipinski definition) is 4. The Hall–Kier alpha value is -2.69. The number of benzene rings is 1. The number of nitrogens with zero attached hydrogens (tertiary/aromatic N) is 2. The Balaban J connectivity index is 2.22. The summed E-state index contributed by atoms with van der Waals surface area (Å²) in [6, 6.07) is 7.96. The zero-order valence-electron chi connectivity index (χ0n) is 11.7. The minimum Gasteiger partial charge on any atom is -0.367 e. The largest absolute Gasteiger partial charge is 0.367 e. The quantitative estimate of drug-likeness (QED) is 0.778. The Bertz CT molecular complexity index is 794. The van der Waals surface area contributed by atoms with Crippen molar-refractivity contribution in [2.24, 2.45) is 0 Å². The van der Waals surface area contributed by atoms with Crippen molar-refractivity contribution in [2.45, 2.75) is 13.8 Å². The fraction of sp³-hybridized carbons (Fsp3) is 0.125. The second-order valence-electron chi connectivity index (χ2n) is 4.88. The fourth-order valence-corrected chi connectivity index (χ4v) is 2.22. The number of nitrogen functional groups attached to an aromatic ring is 1. The smallest absolute Gasteiger partial charge is 0.232 e. The molecule has 0 radical (unpaired) electrons. The van der Waals surface area contributed by atoms with Crippen molar-refractivity contribution >= 4 is 5.88 Å². The summed E-state index contributed by atoms with van der Waals surface area (Å²) >= 11 is 0. The van der Waals surface area contributed by atoms with Crippen molar-refractivity contribution < 1.29 is 8.91 Å². The molecule has 0 bridgehead atoms. The van der Waals surface area contributed by atoms with Gasteiger partial charge in [-0.3, -0.25) is 4.98 Å². The molecule has 2 N–H and O–H groups in total. The number of anilines is 1. The van der Waals surface area contributed by atoms with Crippen LogP contribution in [0.15, 0.2) is 41.1 Å². The number of rotatable bonds is 2. The highest BCUT2D eigenvalue weighted by Gasteiger charge is 2.20. The Kier molecular flexibility index (Phi) is 3.17. The highest BCUT2D eigenvalue weighted by Crippen LogP contribution is 2.37. The number of hydrogen-bond donors (Lipinski definition) is 1.